The molecule has 2 fully saturated rings. The van der Waals surface area contributed by atoms with Crippen LogP contribution in [-0.4, -0.2) is 67.5 Å². The Labute approximate surface area is 217 Å². The number of likely N-dealkylation sites (tertiary alicyclic amines) is 1. The van der Waals surface area contributed by atoms with Crippen LogP contribution in [0.1, 0.15) is 54.9 Å². The highest BCUT2D eigenvalue weighted by atomic mass is 19.3. The van der Waals surface area contributed by atoms with E-state index in [0.717, 1.165) is 12.8 Å². The van der Waals surface area contributed by atoms with E-state index in [9.17, 15) is 18.4 Å². The molecule has 0 spiro atoms. The minimum Gasteiger partial charge on any atom is -0.489 e. The topological polar surface area (TPSA) is 129 Å². The largest absolute Gasteiger partial charge is 0.489 e. The van der Waals surface area contributed by atoms with Crippen molar-refractivity contribution in [3.8, 4) is 23.0 Å². The summed E-state index contributed by atoms with van der Waals surface area (Å²) in [6, 6.07) is 3.50. The van der Waals surface area contributed by atoms with Crippen molar-refractivity contribution in [3.63, 3.8) is 0 Å². The van der Waals surface area contributed by atoms with E-state index in [1.807, 2.05) is 0 Å². The molecule has 0 radical (unpaired) electrons. The van der Waals surface area contributed by atoms with Crippen molar-refractivity contribution in [1.82, 2.24) is 15.2 Å². The fourth-order valence-corrected chi connectivity index (χ4v) is 4.08. The summed E-state index contributed by atoms with van der Waals surface area (Å²) in [6.07, 6.45) is 1.55. The Bertz CT molecular complexity index is 1150. The SMILES string of the molecule is COC(=O)N1CCC(F)(CNC(=O)c2nc(-c3ccc(OC(F)F)c(OCC4CC4)c3)oc2C(C)N)CC1. The Hall–Kier alpha value is -3.48. The molecule has 1 unspecified atom stereocenters. The van der Waals surface area contributed by atoms with Crippen LogP contribution >= 0.6 is 0 Å². The maximum Gasteiger partial charge on any atom is 0.409 e. The van der Waals surface area contributed by atoms with Crippen LogP contribution in [-0.2, 0) is 4.74 Å². The van der Waals surface area contributed by atoms with E-state index in [0.29, 0.717) is 18.1 Å². The van der Waals surface area contributed by atoms with Crippen molar-refractivity contribution in [3.05, 3.63) is 29.7 Å². The number of aromatic nitrogens is 1. The molecule has 2 aromatic rings. The Kier molecular flexibility index (Phi) is 8.34. The van der Waals surface area contributed by atoms with E-state index in [1.54, 1.807) is 6.92 Å². The van der Waals surface area contributed by atoms with Crippen molar-refractivity contribution in [1.29, 1.82) is 0 Å². The zero-order valence-electron chi connectivity index (χ0n) is 21.2. The summed E-state index contributed by atoms with van der Waals surface area (Å²) >= 11 is 0. The standard InChI is InChI=1S/C25H31F3N4O6/c1-14(29)20-19(21(33)30-13-25(28)7-9-32(10-8-25)24(34)35-2)31-22(38-20)16-5-6-17(37-23(26)27)18(11-16)36-12-15-3-4-15/h5-6,11,14-15,23H,3-4,7-10,12-13,29H2,1-2H3,(H,30,33). The molecule has 1 aromatic carbocycles. The molecule has 1 aliphatic carbocycles. The molecule has 38 heavy (non-hydrogen) atoms. The van der Waals surface area contributed by atoms with Gasteiger partial charge >= 0.3 is 12.7 Å². The molecule has 4 rings (SSSR count). The van der Waals surface area contributed by atoms with E-state index < -0.39 is 30.3 Å². The number of nitrogens with two attached hydrogens (primary N) is 1. The van der Waals surface area contributed by atoms with Crippen LogP contribution in [0.3, 0.4) is 0 Å². The van der Waals surface area contributed by atoms with E-state index in [1.165, 1.54) is 30.2 Å². The highest BCUT2D eigenvalue weighted by Gasteiger charge is 2.37. The first-order chi connectivity index (χ1) is 18.1. The average Bonchev–Trinajstić information content (AvgIpc) is 3.61. The fraction of sp³-hybridized carbons (Fsp3) is 0.560. The number of benzene rings is 1. The molecule has 10 nitrogen and oxygen atoms in total. The van der Waals surface area contributed by atoms with Gasteiger partial charge in [-0.25, -0.2) is 14.2 Å². The van der Waals surface area contributed by atoms with Crippen LogP contribution in [0.15, 0.2) is 22.6 Å². The Morgan fingerprint density at radius 2 is 1.97 bits per heavy atom. The Morgan fingerprint density at radius 1 is 1.26 bits per heavy atom. The van der Waals surface area contributed by atoms with Gasteiger partial charge in [-0.3, -0.25) is 4.79 Å². The molecular formula is C25H31F3N4O6. The number of hydrogen-bond acceptors (Lipinski definition) is 8. The quantitative estimate of drug-likeness (QED) is 0.462. The summed E-state index contributed by atoms with van der Waals surface area (Å²) in [5, 5.41) is 2.55. The van der Waals surface area contributed by atoms with Crippen molar-refractivity contribution in [2.75, 3.05) is 33.4 Å². The van der Waals surface area contributed by atoms with Gasteiger partial charge < -0.3 is 34.6 Å². The predicted octanol–water partition coefficient (Wildman–Crippen LogP) is 4.05. The third-order valence-electron chi connectivity index (χ3n) is 6.52. The van der Waals surface area contributed by atoms with Crippen LogP contribution < -0.4 is 20.5 Å². The zero-order chi connectivity index (χ0) is 27.4. The van der Waals surface area contributed by atoms with E-state index in [-0.39, 0.29) is 61.3 Å². The molecular weight excluding hydrogens is 509 g/mol. The van der Waals surface area contributed by atoms with Gasteiger partial charge in [0, 0.05) is 31.5 Å². The molecule has 1 saturated carbocycles. The summed E-state index contributed by atoms with van der Waals surface area (Å²) < 4.78 is 61.7. The van der Waals surface area contributed by atoms with E-state index in [4.69, 9.17) is 14.9 Å². The minimum atomic E-state index is -3.03. The van der Waals surface area contributed by atoms with Crippen LogP contribution in [0, 0.1) is 5.92 Å². The Morgan fingerprint density at radius 3 is 2.58 bits per heavy atom. The van der Waals surface area contributed by atoms with Gasteiger partial charge in [0.25, 0.3) is 5.91 Å². The third-order valence-corrected chi connectivity index (χ3v) is 6.52. The van der Waals surface area contributed by atoms with Gasteiger partial charge in [0.15, 0.2) is 23.0 Å². The van der Waals surface area contributed by atoms with E-state index >= 15 is 4.39 Å². The predicted molar refractivity (Wildman–Crippen MR) is 129 cm³/mol. The first-order valence-corrected chi connectivity index (χ1v) is 12.4. The molecule has 13 heteroatoms. The van der Waals surface area contributed by atoms with Gasteiger partial charge in [-0.05, 0) is 43.9 Å². The lowest BCUT2D eigenvalue weighted by Crippen LogP contribution is -2.49. The highest BCUT2D eigenvalue weighted by Crippen LogP contribution is 2.37. The normalized spacial score (nSPS) is 17.7. The number of rotatable bonds is 10. The number of hydrogen-bond donors (Lipinski definition) is 2. The number of halogens is 3. The molecule has 1 atom stereocenters. The van der Waals surface area contributed by atoms with Gasteiger partial charge in [-0.1, -0.05) is 0 Å². The number of carbonyl (C=O) groups is 2. The van der Waals surface area contributed by atoms with Crippen molar-refractivity contribution < 1.29 is 41.4 Å². The first-order valence-electron chi connectivity index (χ1n) is 12.4. The molecule has 0 bridgehead atoms. The highest BCUT2D eigenvalue weighted by molar-refractivity contribution is 5.94. The maximum atomic E-state index is 15.3. The van der Waals surface area contributed by atoms with Crippen molar-refractivity contribution in [2.45, 2.75) is 50.9 Å². The number of ether oxygens (including phenoxy) is 3. The Balaban J connectivity index is 1.49. The summed E-state index contributed by atoms with van der Waals surface area (Å²) in [5.41, 5.74) is 4.53. The minimum absolute atomic E-state index is 0.0173. The first kappa shape index (κ1) is 27.6. The summed E-state index contributed by atoms with van der Waals surface area (Å²) in [5.74, 6) is -0.247. The molecule has 2 aliphatic rings. The lowest BCUT2D eigenvalue weighted by Gasteiger charge is -2.35. The number of oxazole rings is 1. The van der Waals surface area contributed by atoms with Gasteiger partial charge in [0.2, 0.25) is 5.89 Å². The van der Waals surface area contributed by atoms with Crippen LogP contribution in [0.25, 0.3) is 11.5 Å². The summed E-state index contributed by atoms with van der Waals surface area (Å²) in [4.78, 5) is 30.3. The third kappa shape index (κ3) is 6.69. The monoisotopic (exact) mass is 540 g/mol. The number of amides is 2. The number of piperidine rings is 1. The molecule has 1 aromatic heterocycles. The van der Waals surface area contributed by atoms with Crippen molar-refractivity contribution >= 4 is 12.0 Å². The van der Waals surface area contributed by atoms with Crippen LogP contribution in [0.5, 0.6) is 11.5 Å². The van der Waals surface area contributed by atoms with Crippen LogP contribution in [0.4, 0.5) is 18.0 Å². The number of alkyl halides is 3. The second kappa shape index (κ2) is 11.5. The van der Waals surface area contributed by atoms with Gasteiger partial charge in [-0.15, -0.1) is 0 Å². The number of nitrogens with one attached hydrogen (secondary N) is 1. The number of methoxy groups -OCH3 is 1. The second-order valence-electron chi connectivity index (χ2n) is 9.61. The molecule has 2 amide bonds. The van der Waals surface area contributed by atoms with Gasteiger partial charge in [0.1, 0.15) is 5.67 Å². The molecule has 1 aliphatic heterocycles. The average molecular weight is 541 g/mol. The van der Waals surface area contributed by atoms with Gasteiger partial charge in [0.05, 0.1) is 26.3 Å². The lowest BCUT2D eigenvalue weighted by molar-refractivity contribution is -0.0515. The van der Waals surface area contributed by atoms with Crippen LogP contribution in [0.2, 0.25) is 0 Å². The van der Waals surface area contributed by atoms with E-state index in [2.05, 4.69) is 19.8 Å². The molecule has 208 valence electrons. The fourth-order valence-electron chi connectivity index (χ4n) is 4.08. The zero-order valence-corrected chi connectivity index (χ0v) is 21.2. The maximum absolute atomic E-state index is 15.3. The molecule has 3 N–H and O–H groups in total. The second-order valence-corrected chi connectivity index (χ2v) is 9.61. The smallest absolute Gasteiger partial charge is 0.409 e. The molecule has 1 saturated heterocycles. The molecule has 2 heterocycles. The summed E-state index contributed by atoms with van der Waals surface area (Å²) in [7, 11) is 1.26. The number of nitrogens with zero attached hydrogens (tertiary/aromatic N) is 2. The van der Waals surface area contributed by atoms with Gasteiger partial charge in [-0.2, -0.15) is 8.78 Å². The number of carbonyl (C=O) groups excluding carboxylic acids is 2. The summed E-state index contributed by atoms with van der Waals surface area (Å²) in [6.45, 7) is -1.04. The lowest BCUT2D eigenvalue weighted by atomic mass is 9.93. The van der Waals surface area contributed by atoms with Crippen molar-refractivity contribution in [2.24, 2.45) is 11.7 Å².